The van der Waals surface area contributed by atoms with Gasteiger partial charge in [0.15, 0.2) is 0 Å². The maximum absolute atomic E-state index is 11.9. The fourth-order valence-electron chi connectivity index (χ4n) is 2.82. The van der Waals surface area contributed by atoms with Crippen LogP contribution in [0, 0.1) is 5.41 Å². The van der Waals surface area contributed by atoms with E-state index in [2.05, 4.69) is 5.32 Å². The van der Waals surface area contributed by atoms with Gasteiger partial charge in [-0.1, -0.05) is 25.0 Å². The van der Waals surface area contributed by atoms with E-state index in [9.17, 15) is 14.7 Å². The molecule has 5 nitrogen and oxygen atoms in total. The van der Waals surface area contributed by atoms with E-state index in [4.69, 9.17) is 5.73 Å². The molecule has 2 rings (SSSR count). The largest absolute Gasteiger partial charge is 0.481 e. The molecule has 1 aromatic rings. The molecule has 0 unspecified atom stereocenters. The van der Waals surface area contributed by atoms with Crippen LogP contribution in [0.4, 0.5) is 5.69 Å². The topological polar surface area (TPSA) is 92.4 Å². The molecule has 0 bridgehead atoms. The zero-order chi connectivity index (χ0) is 15.3. The molecule has 1 aromatic carbocycles. The zero-order valence-electron chi connectivity index (χ0n) is 12.1. The second-order valence-electron chi connectivity index (χ2n) is 5.81. The van der Waals surface area contributed by atoms with Crippen molar-refractivity contribution in [3.63, 3.8) is 0 Å². The van der Waals surface area contributed by atoms with Gasteiger partial charge in [0.05, 0.1) is 5.41 Å². The van der Waals surface area contributed by atoms with Crippen molar-refractivity contribution < 1.29 is 14.7 Å². The van der Waals surface area contributed by atoms with E-state index in [-0.39, 0.29) is 12.5 Å². The minimum Gasteiger partial charge on any atom is -0.481 e. The number of carbonyl (C=O) groups is 2. The quantitative estimate of drug-likeness (QED) is 0.698. The van der Waals surface area contributed by atoms with E-state index in [1.807, 2.05) is 24.3 Å². The van der Waals surface area contributed by atoms with Crippen molar-refractivity contribution in [2.45, 2.75) is 38.5 Å². The van der Waals surface area contributed by atoms with Gasteiger partial charge >= 0.3 is 5.97 Å². The number of carboxylic acids is 1. The van der Waals surface area contributed by atoms with E-state index < -0.39 is 11.4 Å². The summed E-state index contributed by atoms with van der Waals surface area (Å²) in [5, 5.41) is 12.1. The molecule has 0 radical (unpaired) electrons. The summed E-state index contributed by atoms with van der Waals surface area (Å²) in [7, 11) is 0. The number of amides is 1. The van der Waals surface area contributed by atoms with Crippen molar-refractivity contribution in [1.82, 2.24) is 5.32 Å². The van der Waals surface area contributed by atoms with E-state index in [0.29, 0.717) is 31.4 Å². The number of anilines is 1. The Morgan fingerprint density at radius 2 is 1.81 bits per heavy atom. The lowest BCUT2D eigenvalue weighted by Crippen LogP contribution is -2.41. The van der Waals surface area contributed by atoms with Gasteiger partial charge in [-0.2, -0.15) is 0 Å². The number of rotatable bonds is 6. The average molecular weight is 290 g/mol. The van der Waals surface area contributed by atoms with Crippen LogP contribution >= 0.6 is 0 Å². The number of hydrogen-bond donors (Lipinski definition) is 3. The molecule has 114 valence electrons. The van der Waals surface area contributed by atoms with Gasteiger partial charge in [-0.15, -0.1) is 0 Å². The Hall–Kier alpha value is -2.04. The van der Waals surface area contributed by atoms with Gasteiger partial charge in [0.2, 0.25) is 5.91 Å². The molecule has 0 aliphatic heterocycles. The maximum Gasteiger partial charge on any atom is 0.311 e. The normalized spacial score (nSPS) is 16.6. The molecule has 0 spiro atoms. The molecule has 0 heterocycles. The molecule has 5 heteroatoms. The molecule has 1 aliphatic carbocycles. The van der Waals surface area contributed by atoms with Crippen LogP contribution in [-0.2, 0) is 16.0 Å². The van der Waals surface area contributed by atoms with Crippen LogP contribution in [-0.4, -0.2) is 23.5 Å². The summed E-state index contributed by atoms with van der Waals surface area (Å²) in [6.07, 6.45) is 4.15. The third kappa shape index (κ3) is 3.97. The summed E-state index contributed by atoms with van der Waals surface area (Å²) in [6.45, 7) is 0.239. The predicted molar refractivity (Wildman–Crippen MR) is 80.7 cm³/mol. The molecular weight excluding hydrogens is 268 g/mol. The predicted octanol–water partition coefficient (Wildman–Crippen LogP) is 1.96. The van der Waals surface area contributed by atoms with Crippen molar-refractivity contribution in [3.8, 4) is 0 Å². The minimum absolute atomic E-state index is 0.0978. The van der Waals surface area contributed by atoms with E-state index in [1.54, 1.807) is 0 Å². The van der Waals surface area contributed by atoms with Gasteiger partial charge in [-0.05, 0) is 37.0 Å². The first-order valence-electron chi connectivity index (χ1n) is 7.36. The number of carbonyl (C=O) groups excluding carboxylic acids is 1. The zero-order valence-corrected chi connectivity index (χ0v) is 12.1. The Bertz CT molecular complexity index is 505. The highest BCUT2D eigenvalue weighted by Crippen LogP contribution is 2.37. The van der Waals surface area contributed by atoms with Crippen molar-refractivity contribution in [1.29, 1.82) is 0 Å². The lowest BCUT2D eigenvalue weighted by atomic mass is 9.86. The Labute approximate surface area is 124 Å². The number of benzene rings is 1. The summed E-state index contributed by atoms with van der Waals surface area (Å²) in [4.78, 5) is 23.3. The van der Waals surface area contributed by atoms with Crippen LogP contribution in [0.25, 0.3) is 0 Å². The first kappa shape index (κ1) is 15.4. The Kier molecular flexibility index (Phi) is 4.83. The summed E-state index contributed by atoms with van der Waals surface area (Å²) >= 11 is 0. The molecular formula is C16H22N2O3. The smallest absolute Gasteiger partial charge is 0.311 e. The molecule has 0 saturated heterocycles. The van der Waals surface area contributed by atoms with Crippen LogP contribution in [0.15, 0.2) is 24.3 Å². The molecule has 21 heavy (non-hydrogen) atoms. The van der Waals surface area contributed by atoms with Crippen LogP contribution < -0.4 is 11.1 Å². The summed E-state index contributed by atoms with van der Waals surface area (Å²) < 4.78 is 0. The summed E-state index contributed by atoms with van der Waals surface area (Å²) in [5.41, 5.74) is 6.61. The summed E-state index contributed by atoms with van der Waals surface area (Å²) in [6, 6.07) is 7.42. The highest BCUT2D eigenvalue weighted by molar-refractivity contribution is 5.79. The highest BCUT2D eigenvalue weighted by Gasteiger charge is 2.41. The second kappa shape index (κ2) is 6.61. The fourth-order valence-corrected chi connectivity index (χ4v) is 2.82. The molecule has 1 saturated carbocycles. The van der Waals surface area contributed by atoms with Crippen molar-refractivity contribution in [3.05, 3.63) is 29.8 Å². The second-order valence-corrected chi connectivity index (χ2v) is 5.81. The molecule has 1 amide bonds. The Morgan fingerprint density at radius 3 is 2.38 bits per heavy atom. The van der Waals surface area contributed by atoms with Crippen molar-refractivity contribution in [2.75, 3.05) is 12.3 Å². The number of nitrogens with one attached hydrogen (secondary N) is 1. The monoisotopic (exact) mass is 290 g/mol. The molecule has 1 aliphatic rings. The van der Waals surface area contributed by atoms with Gasteiger partial charge < -0.3 is 16.2 Å². The third-order valence-electron chi connectivity index (χ3n) is 4.26. The van der Waals surface area contributed by atoms with Crippen LogP contribution in [0.5, 0.6) is 0 Å². The van der Waals surface area contributed by atoms with Gasteiger partial charge in [0.25, 0.3) is 0 Å². The minimum atomic E-state index is -0.793. The fraction of sp³-hybridized carbons (Fsp3) is 0.500. The highest BCUT2D eigenvalue weighted by atomic mass is 16.4. The number of aryl methyl sites for hydroxylation is 1. The standard InChI is InChI=1S/C16H22N2O3/c17-13-6-3-12(4-7-13)5-8-14(19)18-11-16(15(20)21)9-1-2-10-16/h3-4,6-7H,1-2,5,8-11,17H2,(H,18,19)(H,20,21). The van der Waals surface area contributed by atoms with Gasteiger partial charge in [-0.3, -0.25) is 9.59 Å². The lowest BCUT2D eigenvalue weighted by molar-refractivity contribution is -0.148. The number of carboxylic acid groups (broad SMARTS) is 1. The third-order valence-corrected chi connectivity index (χ3v) is 4.26. The number of nitrogens with two attached hydrogens (primary N) is 1. The molecule has 0 aromatic heterocycles. The maximum atomic E-state index is 11.9. The van der Waals surface area contributed by atoms with Crippen LogP contribution in [0.1, 0.15) is 37.7 Å². The Morgan fingerprint density at radius 1 is 1.19 bits per heavy atom. The first-order valence-corrected chi connectivity index (χ1v) is 7.36. The van der Waals surface area contributed by atoms with Crippen LogP contribution in [0.2, 0.25) is 0 Å². The van der Waals surface area contributed by atoms with E-state index >= 15 is 0 Å². The first-order chi connectivity index (χ1) is 10.0. The lowest BCUT2D eigenvalue weighted by Gasteiger charge is -2.23. The average Bonchev–Trinajstić information content (AvgIpc) is 2.95. The number of aliphatic carboxylic acids is 1. The molecule has 4 N–H and O–H groups in total. The van der Waals surface area contributed by atoms with Gasteiger partial charge in [0, 0.05) is 18.7 Å². The molecule has 1 fully saturated rings. The number of hydrogen-bond acceptors (Lipinski definition) is 3. The molecule has 0 atom stereocenters. The Balaban J connectivity index is 1.79. The number of nitrogen functional groups attached to an aromatic ring is 1. The van der Waals surface area contributed by atoms with E-state index in [0.717, 1.165) is 18.4 Å². The summed E-state index contributed by atoms with van der Waals surface area (Å²) in [5.74, 6) is -0.891. The van der Waals surface area contributed by atoms with Gasteiger partial charge in [0.1, 0.15) is 0 Å². The van der Waals surface area contributed by atoms with Crippen LogP contribution in [0.3, 0.4) is 0 Å². The van der Waals surface area contributed by atoms with Crippen molar-refractivity contribution in [2.24, 2.45) is 5.41 Å². The van der Waals surface area contributed by atoms with Gasteiger partial charge in [-0.25, -0.2) is 0 Å². The van der Waals surface area contributed by atoms with E-state index in [1.165, 1.54) is 0 Å². The van der Waals surface area contributed by atoms with Crippen molar-refractivity contribution >= 4 is 17.6 Å². The SMILES string of the molecule is Nc1ccc(CCC(=O)NCC2(C(=O)O)CCCC2)cc1.